The Labute approximate surface area is 125 Å². The average Bonchev–Trinajstić information content (AvgIpc) is 2.46. The van der Waals surface area contributed by atoms with Crippen LogP contribution in [0.5, 0.6) is 5.75 Å². The number of allylic oxidation sites excluding steroid dienone is 1. The summed E-state index contributed by atoms with van der Waals surface area (Å²) < 4.78 is 24.6. The van der Waals surface area contributed by atoms with Crippen molar-refractivity contribution in [3.63, 3.8) is 0 Å². The van der Waals surface area contributed by atoms with Crippen LogP contribution in [0, 0.1) is 24.1 Å². The highest BCUT2D eigenvalue weighted by molar-refractivity contribution is 5.54. The number of ether oxygens (including phenoxy) is 1. The minimum atomic E-state index is -0.952. The second-order valence-corrected chi connectivity index (χ2v) is 4.87. The van der Waals surface area contributed by atoms with E-state index in [-0.39, 0.29) is 28.3 Å². The van der Waals surface area contributed by atoms with E-state index in [9.17, 15) is 14.4 Å². The van der Waals surface area contributed by atoms with Crippen LogP contribution in [-0.4, -0.2) is 0 Å². The number of benzene rings is 1. The van der Waals surface area contributed by atoms with Crippen LogP contribution in [0.1, 0.15) is 22.8 Å². The van der Waals surface area contributed by atoms with Gasteiger partial charge < -0.3 is 14.9 Å². The van der Waals surface area contributed by atoms with Gasteiger partial charge in [0, 0.05) is 11.6 Å². The molecule has 3 rings (SSSR count). The highest BCUT2D eigenvalue weighted by Crippen LogP contribution is 2.41. The zero-order chi connectivity index (χ0) is 15.9. The van der Waals surface area contributed by atoms with Gasteiger partial charge in [-0.15, -0.1) is 0 Å². The van der Waals surface area contributed by atoms with Gasteiger partial charge in [0.15, 0.2) is 0 Å². The van der Waals surface area contributed by atoms with Crippen LogP contribution in [0.15, 0.2) is 51.0 Å². The Morgan fingerprint density at radius 2 is 2.09 bits per heavy atom. The molecule has 0 aliphatic carbocycles. The van der Waals surface area contributed by atoms with E-state index in [0.29, 0.717) is 5.76 Å². The second kappa shape index (κ2) is 5.04. The Morgan fingerprint density at radius 1 is 1.36 bits per heavy atom. The van der Waals surface area contributed by atoms with E-state index in [1.165, 1.54) is 24.3 Å². The highest BCUT2D eigenvalue weighted by Gasteiger charge is 2.35. The summed E-state index contributed by atoms with van der Waals surface area (Å²) in [6.45, 7) is 1.59. The van der Waals surface area contributed by atoms with Crippen molar-refractivity contribution in [3.8, 4) is 11.8 Å². The maximum absolute atomic E-state index is 14.2. The summed E-state index contributed by atoms with van der Waals surface area (Å²) >= 11 is 0. The predicted octanol–water partition coefficient (Wildman–Crippen LogP) is 2.31. The molecule has 0 saturated heterocycles. The molecule has 2 heterocycles. The summed E-state index contributed by atoms with van der Waals surface area (Å²) in [6, 6.07) is 9.28. The predicted molar refractivity (Wildman–Crippen MR) is 75.4 cm³/mol. The second-order valence-electron chi connectivity index (χ2n) is 4.87. The number of hydrogen-bond acceptors (Lipinski definition) is 5. The fraction of sp³-hybridized carbons (Fsp3) is 0.125. The normalized spacial score (nSPS) is 16.7. The maximum atomic E-state index is 14.2. The lowest BCUT2D eigenvalue weighted by Gasteiger charge is -2.25. The Kier molecular flexibility index (Phi) is 3.18. The third kappa shape index (κ3) is 2.04. The van der Waals surface area contributed by atoms with Crippen LogP contribution >= 0.6 is 0 Å². The third-order valence-electron chi connectivity index (χ3n) is 3.47. The molecule has 1 aliphatic heterocycles. The largest absolute Gasteiger partial charge is 0.440 e. The van der Waals surface area contributed by atoms with Crippen LogP contribution in [0.4, 0.5) is 4.39 Å². The first-order chi connectivity index (χ1) is 10.5. The number of nitrogens with zero attached hydrogens (tertiary/aromatic N) is 1. The van der Waals surface area contributed by atoms with Gasteiger partial charge in [0.1, 0.15) is 29.0 Å². The average molecular weight is 298 g/mol. The number of nitriles is 1. The zero-order valence-corrected chi connectivity index (χ0v) is 11.6. The van der Waals surface area contributed by atoms with Crippen molar-refractivity contribution in [2.24, 2.45) is 5.73 Å². The van der Waals surface area contributed by atoms with E-state index < -0.39 is 17.4 Å². The van der Waals surface area contributed by atoms with Gasteiger partial charge in [-0.1, -0.05) is 18.2 Å². The molecule has 1 aromatic heterocycles. The molecule has 0 saturated carbocycles. The fourth-order valence-electron chi connectivity index (χ4n) is 2.54. The molecular formula is C16H11FN2O3. The molecule has 1 aliphatic rings. The molecule has 5 nitrogen and oxygen atoms in total. The van der Waals surface area contributed by atoms with Crippen LogP contribution in [0.3, 0.4) is 0 Å². The Morgan fingerprint density at radius 3 is 2.77 bits per heavy atom. The molecule has 1 aromatic carbocycles. The van der Waals surface area contributed by atoms with Crippen LogP contribution in [-0.2, 0) is 0 Å². The number of hydrogen-bond donors (Lipinski definition) is 1. The lowest BCUT2D eigenvalue weighted by Crippen LogP contribution is -2.26. The highest BCUT2D eigenvalue weighted by atomic mass is 19.1. The smallest absolute Gasteiger partial charge is 0.343 e. The summed E-state index contributed by atoms with van der Waals surface area (Å²) in [4.78, 5) is 12.2. The van der Waals surface area contributed by atoms with E-state index in [1.807, 2.05) is 6.07 Å². The molecule has 6 heteroatoms. The van der Waals surface area contributed by atoms with Gasteiger partial charge in [-0.3, -0.25) is 0 Å². The number of halogens is 1. The van der Waals surface area contributed by atoms with Gasteiger partial charge in [0.25, 0.3) is 0 Å². The van der Waals surface area contributed by atoms with Crippen LogP contribution in [0.2, 0.25) is 0 Å². The van der Waals surface area contributed by atoms with Crippen LogP contribution in [0.25, 0.3) is 0 Å². The van der Waals surface area contributed by atoms with Crippen molar-refractivity contribution in [1.29, 1.82) is 5.26 Å². The van der Waals surface area contributed by atoms with E-state index in [0.717, 1.165) is 0 Å². The van der Waals surface area contributed by atoms with Gasteiger partial charge in [-0.05, 0) is 13.0 Å². The minimum Gasteiger partial charge on any atom is -0.440 e. The lowest BCUT2D eigenvalue weighted by molar-refractivity contribution is 0.370. The van der Waals surface area contributed by atoms with Gasteiger partial charge in [0.2, 0.25) is 5.88 Å². The summed E-state index contributed by atoms with van der Waals surface area (Å²) in [6.07, 6.45) is 0. The van der Waals surface area contributed by atoms with Gasteiger partial charge >= 0.3 is 5.63 Å². The molecule has 0 unspecified atom stereocenters. The van der Waals surface area contributed by atoms with Crippen molar-refractivity contribution >= 4 is 0 Å². The SMILES string of the molecule is Cc1cc2c(c(=O)o1)[C@@H](c1ccccc1F)C(C#N)=C(N)O2. The molecule has 0 fully saturated rings. The Balaban J connectivity index is 2.35. The summed E-state index contributed by atoms with van der Waals surface area (Å²) in [5.74, 6) is -1.12. The monoisotopic (exact) mass is 298 g/mol. The summed E-state index contributed by atoms with van der Waals surface area (Å²) in [7, 11) is 0. The van der Waals surface area contributed by atoms with Crippen LogP contribution < -0.4 is 16.1 Å². The molecule has 1 atom stereocenters. The quantitative estimate of drug-likeness (QED) is 0.872. The molecule has 0 spiro atoms. The minimum absolute atomic E-state index is 0.0197. The van der Waals surface area contributed by atoms with E-state index >= 15 is 0 Å². The first-order valence-electron chi connectivity index (χ1n) is 6.49. The molecular weight excluding hydrogens is 287 g/mol. The summed E-state index contributed by atoms with van der Waals surface area (Å²) in [5.41, 5.74) is 5.31. The molecule has 0 radical (unpaired) electrons. The molecule has 2 aromatic rings. The molecule has 2 N–H and O–H groups in total. The van der Waals surface area contributed by atoms with Gasteiger partial charge in [-0.25, -0.2) is 9.18 Å². The van der Waals surface area contributed by atoms with Crippen molar-refractivity contribution < 1.29 is 13.5 Å². The third-order valence-corrected chi connectivity index (χ3v) is 3.47. The Hall–Kier alpha value is -3.07. The fourth-order valence-corrected chi connectivity index (χ4v) is 2.54. The zero-order valence-electron chi connectivity index (χ0n) is 11.6. The van der Waals surface area contributed by atoms with Crippen molar-refractivity contribution in [3.05, 3.63) is 74.9 Å². The molecule has 22 heavy (non-hydrogen) atoms. The lowest BCUT2D eigenvalue weighted by atomic mass is 9.84. The standard InChI is InChI=1S/C16H11FN2O3/c1-8-6-12-14(16(20)21-8)13(10(7-18)15(19)22-12)9-4-2-3-5-11(9)17/h2-6,13H,19H2,1H3/t13-/m0/s1. The summed E-state index contributed by atoms with van der Waals surface area (Å²) in [5, 5.41) is 9.33. The van der Waals surface area contributed by atoms with Gasteiger partial charge in [-0.2, -0.15) is 5.26 Å². The maximum Gasteiger partial charge on any atom is 0.343 e. The number of rotatable bonds is 1. The number of nitrogens with two attached hydrogens (primary N) is 1. The van der Waals surface area contributed by atoms with Gasteiger partial charge in [0.05, 0.1) is 11.5 Å². The number of fused-ring (bicyclic) bond motifs is 1. The molecule has 110 valence electrons. The molecule has 0 amide bonds. The van der Waals surface area contributed by atoms with Crippen molar-refractivity contribution in [2.45, 2.75) is 12.8 Å². The van der Waals surface area contributed by atoms with E-state index in [1.54, 1.807) is 13.0 Å². The topological polar surface area (TPSA) is 89.2 Å². The van der Waals surface area contributed by atoms with E-state index in [4.69, 9.17) is 14.9 Å². The van der Waals surface area contributed by atoms with Crippen molar-refractivity contribution in [1.82, 2.24) is 0 Å². The first-order valence-corrected chi connectivity index (χ1v) is 6.49. The first kappa shape index (κ1) is 13.9. The molecule has 0 bridgehead atoms. The van der Waals surface area contributed by atoms with E-state index in [2.05, 4.69) is 0 Å². The number of aryl methyl sites for hydroxylation is 1. The Bertz CT molecular complexity index is 893. The van der Waals surface area contributed by atoms with Crippen molar-refractivity contribution in [2.75, 3.05) is 0 Å².